The highest BCUT2D eigenvalue weighted by molar-refractivity contribution is 6.33. The lowest BCUT2D eigenvalue weighted by Gasteiger charge is -2.18. The van der Waals surface area contributed by atoms with Gasteiger partial charge in [-0.1, -0.05) is 60.1 Å². The second kappa shape index (κ2) is 10.7. The van der Waals surface area contributed by atoms with Crippen molar-refractivity contribution in [3.05, 3.63) is 88.9 Å². The summed E-state index contributed by atoms with van der Waals surface area (Å²) in [6.45, 7) is 1.30. The summed E-state index contributed by atoms with van der Waals surface area (Å²) in [7, 11) is 3.51. The molecule has 1 amide bonds. The van der Waals surface area contributed by atoms with E-state index in [1.807, 2.05) is 72.6 Å². The van der Waals surface area contributed by atoms with Gasteiger partial charge in [0.15, 0.2) is 11.5 Å². The first-order valence-corrected chi connectivity index (χ1v) is 9.99. The summed E-state index contributed by atoms with van der Waals surface area (Å²) in [6.07, 6.45) is 0. The van der Waals surface area contributed by atoms with Gasteiger partial charge in [0.1, 0.15) is 6.61 Å². The van der Waals surface area contributed by atoms with E-state index in [1.54, 1.807) is 19.2 Å². The molecule has 5 nitrogen and oxygen atoms in total. The van der Waals surface area contributed by atoms with E-state index in [4.69, 9.17) is 21.1 Å². The Kier molecular flexibility index (Phi) is 7.71. The number of para-hydroxylation sites is 1. The van der Waals surface area contributed by atoms with Gasteiger partial charge in [0.2, 0.25) is 5.91 Å². The van der Waals surface area contributed by atoms with Crippen LogP contribution in [0.3, 0.4) is 0 Å². The van der Waals surface area contributed by atoms with Crippen molar-refractivity contribution in [2.24, 2.45) is 0 Å². The summed E-state index contributed by atoms with van der Waals surface area (Å²) in [5.74, 6) is 1.22. The maximum atomic E-state index is 12.3. The monoisotopic (exact) mass is 424 g/mol. The van der Waals surface area contributed by atoms with Gasteiger partial charge in [-0.25, -0.2) is 0 Å². The van der Waals surface area contributed by atoms with Crippen molar-refractivity contribution in [1.82, 2.24) is 4.90 Å². The van der Waals surface area contributed by atoms with Gasteiger partial charge in [-0.15, -0.1) is 0 Å². The third-order valence-corrected chi connectivity index (χ3v) is 4.81. The summed E-state index contributed by atoms with van der Waals surface area (Å²) in [4.78, 5) is 14.2. The minimum absolute atomic E-state index is 0.125. The summed E-state index contributed by atoms with van der Waals surface area (Å²) >= 11 is 6.09. The van der Waals surface area contributed by atoms with E-state index in [2.05, 4.69) is 5.32 Å². The standard InChI is InChI=1S/C24H25ClN2O3/c1-27(16-24(28)26-21-11-7-6-10-20(21)25)15-19-12-13-22(23(14-19)29-2)30-17-18-8-4-3-5-9-18/h3-14H,15-17H2,1-2H3,(H,26,28). The molecular formula is C24H25ClN2O3. The van der Waals surface area contributed by atoms with Crippen molar-refractivity contribution in [3.63, 3.8) is 0 Å². The molecule has 0 unspecified atom stereocenters. The zero-order chi connectivity index (χ0) is 21.3. The van der Waals surface area contributed by atoms with Crippen molar-refractivity contribution in [2.45, 2.75) is 13.2 Å². The Bertz CT molecular complexity index is 979. The lowest BCUT2D eigenvalue weighted by Crippen LogP contribution is -2.29. The quantitative estimate of drug-likeness (QED) is 0.525. The van der Waals surface area contributed by atoms with Crippen molar-refractivity contribution in [3.8, 4) is 11.5 Å². The fourth-order valence-corrected chi connectivity index (χ4v) is 3.21. The minimum Gasteiger partial charge on any atom is -0.493 e. The molecule has 0 aliphatic rings. The Morgan fingerprint density at radius 1 is 0.967 bits per heavy atom. The van der Waals surface area contributed by atoms with Crippen LogP contribution in [-0.4, -0.2) is 31.5 Å². The number of halogens is 1. The van der Waals surface area contributed by atoms with Crippen LogP contribution in [0.15, 0.2) is 72.8 Å². The molecule has 0 saturated carbocycles. The third-order valence-electron chi connectivity index (χ3n) is 4.48. The second-order valence-electron chi connectivity index (χ2n) is 6.96. The molecule has 3 aromatic rings. The molecule has 3 aromatic carbocycles. The van der Waals surface area contributed by atoms with Gasteiger partial charge in [-0.05, 0) is 42.4 Å². The van der Waals surface area contributed by atoms with Crippen molar-refractivity contribution >= 4 is 23.2 Å². The smallest absolute Gasteiger partial charge is 0.238 e. The molecule has 0 fully saturated rings. The van der Waals surface area contributed by atoms with Crippen LogP contribution in [0.2, 0.25) is 5.02 Å². The predicted molar refractivity (Wildman–Crippen MR) is 120 cm³/mol. The molecule has 0 aliphatic carbocycles. The molecule has 0 saturated heterocycles. The minimum atomic E-state index is -0.125. The summed E-state index contributed by atoms with van der Waals surface area (Å²) in [6, 6.07) is 23.0. The highest BCUT2D eigenvalue weighted by Gasteiger charge is 2.11. The molecule has 30 heavy (non-hydrogen) atoms. The van der Waals surface area contributed by atoms with Crippen LogP contribution in [0, 0.1) is 0 Å². The number of hydrogen-bond donors (Lipinski definition) is 1. The average Bonchev–Trinajstić information content (AvgIpc) is 2.75. The molecule has 0 bridgehead atoms. The van der Waals surface area contributed by atoms with E-state index in [-0.39, 0.29) is 12.5 Å². The number of likely N-dealkylation sites (N-methyl/N-ethyl adjacent to an activating group) is 1. The average molecular weight is 425 g/mol. The molecule has 0 radical (unpaired) electrons. The largest absolute Gasteiger partial charge is 0.493 e. The van der Waals surface area contributed by atoms with Crippen LogP contribution in [0.25, 0.3) is 0 Å². The maximum absolute atomic E-state index is 12.3. The first kappa shape index (κ1) is 21.7. The van der Waals surface area contributed by atoms with Gasteiger partial charge < -0.3 is 14.8 Å². The van der Waals surface area contributed by atoms with E-state index < -0.39 is 0 Å². The Balaban J connectivity index is 1.56. The topological polar surface area (TPSA) is 50.8 Å². The van der Waals surface area contributed by atoms with Gasteiger partial charge in [0.05, 0.1) is 24.4 Å². The van der Waals surface area contributed by atoms with E-state index in [1.165, 1.54) is 0 Å². The number of hydrogen-bond acceptors (Lipinski definition) is 4. The first-order chi connectivity index (χ1) is 14.5. The number of nitrogens with one attached hydrogen (secondary N) is 1. The lowest BCUT2D eigenvalue weighted by molar-refractivity contribution is -0.117. The zero-order valence-corrected chi connectivity index (χ0v) is 17.9. The Hall–Kier alpha value is -3.02. The van der Waals surface area contributed by atoms with Crippen molar-refractivity contribution in [1.29, 1.82) is 0 Å². The number of methoxy groups -OCH3 is 1. The SMILES string of the molecule is COc1cc(CN(C)CC(=O)Nc2ccccc2Cl)ccc1OCc1ccccc1. The van der Waals surface area contributed by atoms with Crippen LogP contribution in [0.4, 0.5) is 5.69 Å². The number of benzene rings is 3. The summed E-state index contributed by atoms with van der Waals surface area (Å²) in [5, 5.41) is 3.35. The van der Waals surface area contributed by atoms with Crippen molar-refractivity contribution < 1.29 is 14.3 Å². The Morgan fingerprint density at radius 3 is 2.43 bits per heavy atom. The molecule has 6 heteroatoms. The zero-order valence-electron chi connectivity index (χ0n) is 17.1. The van der Waals surface area contributed by atoms with E-state index in [9.17, 15) is 4.79 Å². The molecule has 0 spiro atoms. The molecule has 3 rings (SSSR count). The van der Waals surface area contributed by atoms with Crippen molar-refractivity contribution in [2.75, 3.05) is 26.0 Å². The van der Waals surface area contributed by atoms with Gasteiger partial charge >= 0.3 is 0 Å². The van der Waals surface area contributed by atoms with Crippen LogP contribution < -0.4 is 14.8 Å². The molecule has 0 aliphatic heterocycles. The molecule has 0 atom stereocenters. The van der Waals surface area contributed by atoms with Crippen LogP contribution in [0.1, 0.15) is 11.1 Å². The molecule has 0 heterocycles. The fraction of sp³-hybridized carbons (Fsp3) is 0.208. The molecule has 1 N–H and O–H groups in total. The van der Waals surface area contributed by atoms with E-state index >= 15 is 0 Å². The number of nitrogens with zero attached hydrogens (tertiary/aromatic N) is 1. The third kappa shape index (κ3) is 6.24. The molecular weight excluding hydrogens is 400 g/mol. The Labute approximate surface area is 182 Å². The number of amides is 1. The highest BCUT2D eigenvalue weighted by atomic mass is 35.5. The van der Waals surface area contributed by atoms with Gasteiger partial charge in [0, 0.05) is 6.54 Å². The van der Waals surface area contributed by atoms with Gasteiger partial charge in [-0.3, -0.25) is 9.69 Å². The molecule has 156 valence electrons. The fourth-order valence-electron chi connectivity index (χ4n) is 3.03. The van der Waals surface area contributed by atoms with Crippen LogP contribution >= 0.6 is 11.6 Å². The molecule has 0 aromatic heterocycles. The van der Waals surface area contributed by atoms with E-state index in [0.29, 0.717) is 35.4 Å². The lowest BCUT2D eigenvalue weighted by atomic mass is 10.2. The van der Waals surface area contributed by atoms with Crippen LogP contribution in [-0.2, 0) is 17.9 Å². The van der Waals surface area contributed by atoms with Gasteiger partial charge in [-0.2, -0.15) is 0 Å². The van der Waals surface area contributed by atoms with E-state index in [0.717, 1.165) is 11.1 Å². The first-order valence-electron chi connectivity index (χ1n) is 9.61. The Morgan fingerprint density at radius 2 is 1.70 bits per heavy atom. The number of carbonyl (C=O) groups excluding carboxylic acids is 1. The number of anilines is 1. The number of ether oxygens (including phenoxy) is 2. The van der Waals surface area contributed by atoms with Gasteiger partial charge in [0.25, 0.3) is 0 Å². The second-order valence-corrected chi connectivity index (χ2v) is 7.37. The normalized spacial score (nSPS) is 10.7. The van der Waals surface area contributed by atoms with Crippen LogP contribution in [0.5, 0.6) is 11.5 Å². The number of rotatable bonds is 9. The number of carbonyl (C=O) groups is 1. The maximum Gasteiger partial charge on any atom is 0.238 e. The predicted octanol–water partition coefficient (Wildman–Crippen LogP) is 5.00. The highest BCUT2D eigenvalue weighted by Crippen LogP contribution is 2.29. The summed E-state index contributed by atoms with van der Waals surface area (Å²) in [5.41, 5.74) is 2.72. The summed E-state index contributed by atoms with van der Waals surface area (Å²) < 4.78 is 11.4.